The summed E-state index contributed by atoms with van der Waals surface area (Å²) in [7, 11) is 0. The van der Waals surface area contributed by atoms with Gasteiger partial charge in [0.1, 0.15) is 0 Å². The van der Waals surface area contributed by atoms with Gasteiger partial charge in [-0.25, -0.2) is 0 Å². The topological polar surface area (TPSA) is 78.3 Å². The van der Waals surface area contributed by atoms with Crippen molar-refractivity contribution < 1.29 is 9.63 Å². The second-order valence-electron chi connectivity index (χ2n) is 2.01. The predicted octanol–water partition coefficient (Wildman–Crippen LogP) is -0.469. The van der Waals surface area contributed by atoms with Crippen molar-refractivity contribution in [1.82, 2.24) is 0 Å². The number of carbonyl (C=O) groups is 1. The molecule has 0 amide bonds. The molecule has 1 atom stereocenters. The molecular weight excluding hydrogens is 120 g/mol. The summed E-state index contributed by atoms with van der Waals surface area (Å²) < 4.78 is 0. The van der Waals surface area contributed by atoms with E-state index in [2.05, 4.69) is 10.7 Å². The van der Waals surface area contributed by atoms with Crippen molar-refractivity contribution in [2.75, 3.05) is 0 Å². The first kappa shape index (κ1) is 8.39. The Morgan fingerprint density at radius 2 is 2.33 bits per heavy atom. The molecule has 0 heterocycles. The molecule has 4 heteroatoms. The predicted molar refractivity (Wildman–Crippen MR) is 33.2 cm³/mol. The van der Waals surface area contributed by atoms with Gasteiger partial charge in [-0.15, -0.1) is 0 Å². The largest absolute Gasteiger partial charge is 0.373 e. The van der Waals surface area contributed by atoms with Crippen LogP contribution in [0.5, 0.6) is 0 Å². The zero-order valence-corrected chi connectivity index (χ0v) is 5.46. The standard InChI is InChI=1S/C5H12N2O2/c1-4(6)2-3-5(8)9-7/h4H,2-3,6-7H2,1H3. The van der Waals surface area contributed by atoms with Crippen molar-refractivity contribution >= 4 is 5.97 Å². The molecule has 0 aromatic carbocycles. The van der Waals surface area contributed by atoms with Gasteiger partial charge in [-0.1, -0.05) is 0 Å². The first-order valence-electron chi connectivity index (χ1n) is 2.82. The molecule has 0 rings (SSSR count). The molecule has 0 saturated heterocycles. The molecule has 0 aliphatic rings. The van der Waals surface area contributed by atoms with Gasteiger partial charge >= 0.3 is 5.97 Å². The molecule has 4 N–H and O–H groups in total. The minimum atomic E-state index is -0.410. The molecule has 4 nitrogen and oxygen atoms in total. The molecule has 0 aliphatic heterocycles. The van der Waals surface area contributed by atoms with E-state index >= 15 is 0 Å². The molecule has 0 bridgehead atoms. The average Bonchev–Trinajstić information content (AvgIpc) is 1.83. The summed E-state index contributed by atoms with van der Waals surface area (Å²) in [5, 5.41) is 0. The fourth-order valence-electron chi connectivity index (χ4n) is 0.404. The smallest absolute Gasteiger partial charge is 0.324 e. The molecular formula is C5H12N2O2. The van der Waals surface area contributed by atoms with Gasteiger partial charge in [0.05, 0.1) is 0 Å². The second kappa shape index (κ2) is 4.29. The van der Waals surface area contributed by atoms with E-state index in [9.17, 15) is 4.79 Å². The van der Waals surface area contributed by atoms with Gasteiger partial charge < -0.3 is 10.6 Å². The van der Waals surface area contributed by atoms with Crippen LogP contribution >= 0.6 is 0 Å². The van der Waals surface area contributed by atoms with Crippen molar-refractivity contribution in [3.05, 3.63) is 0 Å². The van der Waals surface area contributed by atoms with Gasteiger partial charge in [-0.3, -0.25) is 4.79 Å². The lowest BCUT2D eigenvalue weighted by Gasteiger charge is -2.00. The zero-order chi connectivity index (χ0) is 7.28. The summed E-state index contributed by atoms with van der Waals surface area (Å²) in [6.45, 7) is 1.82. The van der Waals surface area contributed by atoms with E-state index in [-0.39, 0.29) is 6.04 Å². The Morgan fingerprint density at radius 1 is 1.78 bits per heavy atom. The minimum absolute atomic E-state index is 0.0316. The number of rotatable bonds is 3. The van der Waals surface area contributed by atoms with Gasteiger partial charge in [0.15, 0.2) is 0 Å². The Bertz CT molecular complexity index is 93.0. The summed E-state index contributed by atoms with van der Waals surface area (Å²) in [5.74, 6) is 4.16. The van der Waals surface area contributed by atoms with E-state index in [1.165, 1.54) is 0 Å². The third kappa shape index (κ3) is 5.26. The fourth-order valence-corrected chi connectivity index (χ4v) is 0.404. The summed E-state index contributed by atoms with van der Waals surface area (Å²) in [5.41, 5.74) is 5.35. The molecule has 0 aromatic rings. The number of hydrogen-bond acceptors (Lipinski definition) is 4. The zero-order valence-electron chi connectivity index (χ0n) is 5.46. The van der Waals surface area contributed by atoms with Crippen molar-refractivity contribution in [3.8, 4) is 0 Å². The van der Waals surface area contributed by atoms with Crippen LogP contribution in [-0.4, -0.2) is 12.0 Å². The monoisotopic (exact) mass is 132 g/mol. The van der Waals surface area contributed by atoms with Crippen LogP contribution in [0.15, 0.2) is 0 Å². The quantitative estimate of drug-likeness (QED) is 0.509. The highest BCUT2D eigenvalue weighted by Crippen LogP contribution is 1.93. The lowest BCUT2D eigenvalue weighted by molar-refractivity contribution is -0.144. The molecule has 0 saturated carbocycles. The van der Waals surface area contributed by atoms with Crippen LogP contribution in [0, 0.1) is 0 Å². The Labute approximate surface area is 54.1 Å². The van der Waals surface area contributed by atoms with E-state index in [0.717, 1.165) is 0 Å². The van der Waals surface area contributed by atoms with Crippen molar-refractivity contribution in [2.24, 2.45) is 11.6 Å². The molecule has 1 unspecified atom stereocenters. The van der Waals surface area contributed by atoms with E-state index in [4.69, 9.17) is 5.73 Å². The second-order valence-corrected chi connectivity index (χ2v) is 2.01. The molecule has 0 fully saturated rings. The first-order chi connectivity index (χ1) is 4.16. The summed E-state index contributed by atoms with van der Waals surface area (Å²) in [6.07, 6.45) is 0.921. The van der Waals surface area contributed by atoms with Crippen molar-refractivity contribution in [1.29, 1.82) is 0 Å². The molecule has 0 aliphatic carbocycles. The lowest BCUT2D eigenvalue weighted by Crippen LogP contribution is -2.18. The van der Waals surface area contributed by atoms with Crippen LogP contribution in [0.25, 0.3) is 0 Å². The molecule has 0 aromatic heterocycles. The third-order valence-corrected chi connectivity index (χ3v) is 0.935. The molecule has 0 spiro atoms. The van der Waals surface area contributed by atoms with Gasteiger partial charge in [0.2, 0.25) is 0 Å². The van der Waals surface area contributed by atoms with E-state index in [1.807, 2.05) is 6.92 Å². The summed E-state index contributed by atoms with van der Waals surface area (Å²) in [4.78, 5) is 14.2. The average molecular weight is 132 g/mol. The summed E-state index contributed by atoms with van der Waals surface area (Å²) >= 11 is 0. The first-order valence-corrected chi connectivity index (χ1v) is 2.82. The van der Waals surface area contributed by atoms with E-state index in [1.54, 1.807) is 0 Å². The Kier molecular flexibility index (Phi) is 4.00. The van der Waals surface area contributed by atoms with Gasteiger partial charge in [-0.2, -0.15) is 5.90 Å². The number of nitrogens with two attached hydrogens (primary N) is 2. The van der Waals surface area contributed by atoms with Crippen molar-refractivity contribution in [2.45, 2.75) is 25.8 Å². The number of hydrogen-bond donors (Lipinski definition) is 2. The SMILES string of the molecule is CC(N)CCC(=O)ON. The normalized spacial score (nSPS) is 12.8. The maximum Gasteiger partial charge on any atom is 0.324 e. The van der Waals surface area contributed by atoms with E-state index in [0.29, 0.717) is 12.8 Å². The Balaban J connectivity index is 3.17. The van der Waals surface area contributed by atoms with Crippen LogP contribution in [-0.2, 0) is 9.63 Å². The minimum Gasteiger partial charge on any atom is -0.373 e. The Morgan fingerprint density at radius 3 is 2.67 bits per heavy atom. The van der Waals surface area contributed by atoms with Gasteiger partial charge in [0.25, 0.3) is 0 Å². The summed E-state index contributed by atoms with van der Waals surface area (Å²) in [6, 6.07) is 0.0316. The molecule has 9 heavy (non-hydrogen) atoms. The van der Waals surface area contributed by atoms with Crippen LogP contribution in [0.3, 0.4) is 0 Å². The molecule has 54 valence electrons. The highest BCUT2D eigenvalue weighted by atomic mass is 16.7. The fraction of sp³-hybridized carbons (Fsp3) is 0.800. The number of carbonyl (C=O) groups excluding carboxylic acids is 1. The van der Waals surface area contributed by atoms with Crippen LogP contribution < -0.4 is 11.6 Å². The highest BCUT2D eigenvalue weighted by Gasteiger charge is 2.01. The third-order valence-electron chi connectivity index (χ3n) is 0.935. The van der Waals surface area contributed by atoms with Crippen LogP contribution in [0.1, 0.15) is 19.8 Å². The van der Waals surface area contributed by atoms with Gasteiger partial charge in [-0.05, 0) is 13.3 Å². The maximum absolute atomic E-state index is 10.3. The van der Waals surface area contributed by atoms with Gasteiger partial charge in [0, 0.05) is 12.5 Å². The molecule has 0 radical (unpaired) electrons. The lowest BCUT2D eigenvalue weighted by atomic mass is 10.2. The van der Waals surface area contributed by atoms with E-state index < -0.39 is 5.97 Å². The van der Waals surface area contributed by atoms with Crippen molar-refractivity contribution in [3.63, 3.8) is 0 Å². The van der Waals surface area contributed by atoms with Crippen LogP contribution in [0.2, 0.25) is 0 Å². The Hall–Kier alpha value is -0.610. The maximum atomic E-state index is 10.3. The van der Waals surface area contributed by atoms with Crippen LogP contribution in [0.4, 0.5) is 0 Å². The highest BCUT2D eigenvalue weighted by molar-refractivity contribution is 5.68.